The fraction of sp³-hybridized carbons (Fsp3) is 0.600. The molecule has 7 rings (SSSR count). The van der Waals surface area contributed by atoms with Crippen LogP contribution in [0.4, 0.5) is 32.8 Å². The fourth-order valence-electron chi connectivity index (χ4n) is 8.20. The van der Waals surface area contributed by atoms with Crippen LogP contribution in [0.2, 0.25) is 0 Å². The average Bonchev–Trinajstić information content (AvgIpc) is 4.07. The van der Waals surface area contributed by atoms with E-state index in [0.717, 1.165) is 42.2 Å². The van der Waals surface area contributed by atoms with Gasteiger partial charge in [0, 0.05) is 44.0 Å². The number of benzene rings is 2. The summed E-state index contributed by atoms with van der Waals surface area (Å²) in [6, 6.07) is 9.50. The zero-order chi connectivity index (χ0) is 40.0. The van der Waals surface area contributed by atoms with Gasteiger partial charge in [-0.15, -0.1) is 0 Å². The average molecular weight is 789 g/mol. The van der Waals surface area contributed by atoms with Crippen LogP contribution >= 0.6 is 0 Å². The summed E-state index contributed by atoms with van der Waals surface area (Å²) in [7, 11) is 0. The van der Waals surface area contributed by atoms with Gasteiger partial charge >= 0.3 is 18.4 Å². The summed E-state index contributed by atoms with van der Waals surface area (Å²) in [6.07, 6.45) is -4.19. The Labute approximate surface area is 322 Å². The molecule has 2 aromatic carbocycles. The van der Waals surface area contributed by atoms with Gasteiger partial charge in [-0.05, 0) is 75.8 Å². The van der Waals surface area contributed by atoms with E-state index >= 15 is 4.39 Å². The number of nitrogens with one attached hydrogen (secondary N) is 2. The molecule has 3 heterocycles. The maximum Gasteiger partial charge on any atom is 0.416 e. The minimum atomic E-state index is -4.75. The molecule has 2 aromatic rings. The van der Waals surface area contributed by atoms with Gasteiger partial charge in [0.05, 0.1) is 18.3 Å². The van der Waals surface area contributed by atoms with Crippen molar-refractivity contribution < 1.29 is 55.7 Å². The van der Waals surface area contributed by atoms with Gasteiger partial charge < -0.3 is 39.4 Å². The Morgan fingerprint density at radius 2 is 1.66 bits per heavy atom. The lowest BCUT2D eigenvalue weighted by Gasteiger charge is -2.50. The third-order valence-corrected chi connectivity index (χ3v) is 11.3. The summed E-state index contributed by atoms with van der Waals surface area (Å²) in [4.78, 5) is 55.9. The molecule has 56 heavy (non-hydrogen) atoms. The molecule has 2 unspecified atom stereocenters. The molecule has 3 atom stereocenters. The second-order valence-electron chi connectivity index (χ2n) is 16.7. The Hall–Kier alpha value is -4.60. The van der Waals surface area contributed by atoms with E-state index in [2.05, 4.69) is 10.6 Å². The van der Waals surface area contributed by atoms with Crippen LogP contribution in [0.1, 0.15) is 82.9 Å². The van der Waals surface area contributed by atoms with Crippen LogP contribution in [-0.4, -0.2) is 89.6 Å². The number of alkyl carbamates (subject to hydrolysis) is 1. The van der Waals surface area contributed by atoms with Crippen LogP contribution in [0.15, 0.2) is 42.5 Å². The van der Waals surface area contributed by atoms with E-state index in [1.165, 1.54) is 11.0 Å². The minimum absolute atomic E-state index is 0.0285. The van der Waals surface area contributed by atoms with E-state index in [4.69, 9.17) is 18.9 Å². The molecule has 0 aromatic heterocycles. The molecule has 2 saturated heterocycles. The molecular formula is C40H48F4N4O8. The molecular weight excluding hydrogens is 740 g/mol. The number of carbonyl (C=O) groups excluding carboxylic acids is 4. The highest BCUT2D eigenvalue weighted by atomic mass is 19.4. The highest BCUT2D eigenvalue weighted by Gasteiger charge is 2.52. The zero-order valence-electron chi connectivity index (χ0n) is 31.7. The Bertz CT molecular complexity index is 1790. The summed E-state index contributed by atoms with van der Waals surface area (Å²) in [5, 5.41) is 5.41. The molecule has 3 aliphatic heterocycles. The first kappa shape index (κ1) is 39.6. The maximum atomic E-state index is 16.2. The van der Waals surface area contributed by atoms with Crippen molar-refractivity contribution in [2.75, 3.05) is 31.6 Å². The van der Waals surface area contributed by atoms with Crippen molar-refractivity contribution in [3.63, 3.8) is 0 Å². The lowest BCUT2D eigenvalue weighted by atomic mass is 9.79. The van der Waals surface area contributed by atoms with Gasteiger partial charge in [-0.25, -0.2) is 14.0 Å². The second-order valence-corrected chi connectivity index (χ2v) is 16.7. The number of nitrogens with zero attached hydrogens (tertiary/aromatic N) is 2. The largest absolute Gasteiger partial charge is 0.487 e. The van der Waals surface area contributed by atoms with Gasteiger partial charge in [-0.3, -0.25) is 9.59 Å². The van der Waals surface area contributed by atoms with Crippen molar-refractivity contribution >= 4 is 29.7 Å². The number of fused-ring (bicyclic) bond motifs is 1. The van der Waals surface area contributed by atoms with Crippen molar-refractivity contribution in [1.29, 1.82) is 0 Å². The van der Waals surface area contributed by atoms with Crippen molar-refractivity contribution in [2.45, 2.75) is 108 Å². The van der Waals surface area contributed by atoms with Crippen molar-refractivity contribution in [1.82, 2.24) is 15.1 Å². The molecule has 2 aliphatic carbocycles. The predicted molar refractivity (Wildman–Crippen MR) is 193 cm³/mol. The van der Waals surface area contributed by atoms with Crippen LogP contribution in [-0.2, 0) is 30.4 Å². The molecule has 16 heteroatoms. The van der Waals surface area contributed by atoms with Crippen LogP contribution < -0.4 is 15.4 Å². The van der Waals surface area contributed by atoms with Crippen LogP contribution in [0.5, 0.6) is 5.75 Å². The van der Waals surface area contributed by atoms with Crippen LogP contribution in [0.3, 0.4) is 0 Å². The molecule has 2 N–H and O–H groups in total. The number of halogens is 4. The Morgan fingerprint density at radius 1 is 1.00 bits per heavy atom. The zero-order valence-corrected chi connectivity index (χ0v) is 31.7. The van der Waals surface area contributed by atoms with E-state index in [-0.39, 0.29) is 73.7 Å². The number of likely N-dealkylation sites (tertiary alicyclic amines) is 1. The topological polar surface area (TPSA) is 136 Å². The van der Waals surface area contributed by atoms with Gasteiger partial charge in [-0.2, -0.15) is 13.2 Å². The normalized spacial score (nSPS) is 22.9. The summed E-state index contributed by atoms with van der Waals surface area (Å²) < 4.78 is 80.3. The SMILES string of the molecule is CC(C)(C)OC(=O)N[C@H](C(=O)Nc1cc2c(cc1F)C(N1CC(C(F)(F)F)OCC1=O)CC1(CCN(C(=O)OCc3ccccc3)CC1)O2)C(C1CC1)C1CC1. The smallest absolute Gasteiger partial charge is 0.416 e. The minimum Gasteiger partial charge on any atom is -0.487 e. The standard InChI is InChI=1S/C40H48F4N4O8/c1-38(2,3)56-36(51)46-34(33(24-9-10-24)25-11-12-25)35(50)45-28-18-30-26(17-27(28)41)29(48-20-31(40(42,43)44)53-22-32(48)49)19-39(55-30)13-15-47(16-14-39)37(52)54-21-23-7-5-4-6-8-23/h4-8,17-18,24-25,29,31,33-34H,9-16,19-22H2,1-3H3,(H,45,50)(H,46,51)/t29?,31?,34-/m0/s1. The monoisotopic (exact) mass is 788 g/mol. The Balaban J connectivity index is 1.15. The number of morpholine rings is 1. The summed E-state index contributed by atoms with van der Waals surface area (Å²) in [6.45, 7) is 3.95. The third kappa shape index (κ3) is 9.16. The number of rotatable bonds is 9. The van der Waals surface area contributed by atoms with Crippen molar-refractivity contribution in [3.05, 3.63) is 59.4 Å². The lowest BCUT2D eigenvalue weighted by molar-refractivity contribution is -0.238. The van der Waals surface area contributed by atoms with Crippen molar-refractivity contribution in [2.24, 2.45) is 17.8 Å². The first-order valence-electron chi connectivity index (χ1n) is 19.2. The van der Waals surface area contributed by atoms with E-state index in [1.54, 1.807) is 20.8 Å². The molecule has 1 spiro atoms. The molecule has 0 radical (unpaired) electrons. The van der Waals surface area contributed by atoms with Crippen molar-refractivity contribution in [3.8, 4) is 5.75 Å². The molecule has 2 saturated carbocycles. The number of amides is 4. The van der Waals surface area contributed by atoms with Crippen LogP contribution in [0.25, 0.3) is 0 Å². The number of piperidine rings is 1. The van der Waals surface area contributed by atoms with Gasteiger partial charge in [0.15, 0.2) is 6.10 Å². The summed E-state index contributed by atoms with van der Waals surface area (Å²) >= 11 is 0. The number of hydrogen-bond acceptors (Lipinski definition) is 8. The van der Waals surface area contributed by atoms with E-state index in [9.17, 15) is 32.3 Å². The van der Waals surface area contributed by atoms with Gasteiger partial charge in [0.2, 0.25) is 11.8 Å². The number of anilines is 1. The fourth-order valence-corrected chi connectivity index (χ4v) is 8.20. The Morgan fingerprint density at radius 3 is 2.27 bits per heavy atom. The molecule has 304 valence electrons. The van der Waals surface area contributed by atoms with Gasteiger partial charge in [0.1, 0.15) is 42.0 Å². The van der Waals surface area contributed by atoms with Crippen LogP contribution in [0, 0.1) is 23.6 Å². The number of hydrogen-bond donors (Lipinski definition) is 2. The Kier molecular flexibility index (Phi) is 10.9. The molecule has 0 bridgehead atoms. The third-order valence-electron chi connectivity index (χ3n) is 11.3. The maximum absolute atomic E-state index is 16.2. The highest BCUT2D eigenvalue weighted by molar-refractivity contribution is 5.97. The predicted octanol–water partition coefficient (Wildman–Crippen LogP) is 6.88. The number of alkyl halides is 3. The number of ether oxygens (including phenoxy) is 4. The van der Waals surface area contributed by atoms with Gasteiger partial charge in [0.25, 0.3) is 0 Å². The van der Waals surface area contributed by atoms with Gasteiger partial charge in [-0.1, -0.05) is 30.3 Å². The highest BCUT2D eigenvalue weighted by Crippen LogP contribution is 2.52. The summed E-state index contributed by atoms with van der Waals surface area (Å²) in [5.74, 6) is -1.88. The first-order chi connectivity index (χ1) is 26.5. The van der Waals surface area contributed by atoms with E-state index < -0.39 is 78.5 Å². The second kappa shape index (κ2) is 15.4. The van der Waals surface area contributed by atoms with E-state index in [1.807, 2.05) is 30.3 Å². The molecule has 5 aliphatic rings. The van der Waals surface area contributed by atoms with E-state index in [0.29, 0.717) is 0 Å². The number of carbonyl (C=O) groups is 4. The quantitative estimate of drug-likeness (QED) is 0.263. The molecule has 4 fully saturated rings. The molecule has 12 nitrogen and oxygen atoms in total. The molecule has 4 amide bonds. The summed E-state index contributed by atoms with van der Waals surface area (Å²) in [5.41, 5.74) is -1.19. The first-order valence-corrected chi connectivity index (χ1v) is 19.2. The lowest BCUT2D eigenvalue weighted by Crippen LogP contribution is -2.57.